The van der Waals surface area contributed by atoms with Crippen LogP contribution in [0.4, 0.5) is 4.39 Å². The number of nitrogens with zero attached hydrogens (tertiary/aromatic N) is 1. The monoisotopic (exact) mass is 283 g/mol. The maximum Gasteiger partial charge on any atom is 0.341 e. The second-order valence-corrected chi connectivity index (χ2v) is 4.42. The predicted octanol–water partition coefficient (Wildman–Crippen LogP) is 3.78. The molecule has 0 bridgehead atoms. The van der Waals surface area contributed by atoms with Gasteiger partial charge in [0, 0.05) is 12.0 Å². The average Bonchev–Trinajstić information content (AvgIpc) is 2.73. The fraction of sp³-hybridized carbons (Fsp3) is 0.231. The Morgan fingerprint density at radius 3 is 2.84 bits per heavy atom. The van der Waals surface area contributed by atoms with Crippen LogP contribution in [-0.2, 0) is 6.42 Å². The number of carboxylic acids is 1. The van der Waals surface area contributed by atoms with Gasteiger partial charge in [-0.2, -0.15) is 0 Å². The summed E-state index contributed by atoms with van der Waals surface area (Å²) in [7, 11) is 0. The molecule has 4 nitrogen and oxygen atoms in total. The summed E-state index contributed by atoms with van der Waals surface area (Å²) < 4.78 is 18.1. The Morgan fingerprint density at radius 1 is 1.53 bits per heavy atom. The van der Waals surface area contributed by atoms with Gasteiger partial charge in [-0.05, 0) is 24.6 Å². The van der Waals surface area contributed by atoms with Gasteiger partial charge >= 0.3 is 5.97 Å². The number of carbonyl (C=O) groups is 1. The van der Waals surface area contributed by atoms with Crippen LogP contribution in [0.2, 0.25) is 5.02 Å². The van der Waals surface area contributed by atoms with E-state index >= 15 is 0 Å². The fourth-order valence-corrected chi connectivity index (χ4v) is 2.06. The average molecular weight is 284 g/mol. The summed E-state index contributed by atoms with van der Waals surface area (Å²) in [5.74, 6) is -1.34. The number of benzene rings is 1. The molecule has 0 saturated carbocycles. The normalized spacial score (nSPS) is 10.7. The predicted molar refractivity (Wildman–Crippen MR) is 67.9 cm³/mol. The SMILES string of the molecule is CCCc1onc(-c2ccc(F)cc2Cl)c1C(=O)O. The zero-order valence-corrected chi connectivity index (χ0v) is 10.9. The molecular weight excluding hydrogens is 273 g/mol. The first-order chi connectivity index (χ1) is 9.04. The molecule has 0 amide bonds. The van der Waals surface area contributed by atoms with Crippen molar-refractivity contribution in [2.75, 3.05) is 0 Å². The van der Waals surface area contributed by atoms with Crippen LogP contribution in [0, 0.1) is 5.82 Å². The van der Waals surface area contributed by atoms with Crippen LogP contribution in [0.15, 0.2) is 22.7 Å². The van der Waals surface area contributed by atoms with Gasteiger partial charge in [0.1, 0.15) is 17.1 Å². The van der Waals surface area contributed by atoms with Gasteiger partial charge in [-0.1, -0.05) is 23.7 Å². The second-order valence-electron chi connectivity index (χ2n) is 4.01. The molecule has 0 unspecified atom stereocenters. The lowest BCUT2D eigenvalue weighted by atomic mass is 10.0. The largest absolute Gasteiger partial charge is 0.477 e. The maximum atomic E-state index is 13.0. The molecule has 1 aromatic heterocycles. The molecule has 0 aliphatic heterocycles. The molecule has 0 aliphatic rings. The van der Waals surface area contributed by atoms with Gasteiger partial charge in [0.15, 0.2) is 5.76 Å². The molecule has 1 heterocycles. The van der Waals surface area contributed by atoms with E-state index in [-0.39, 0.29) is 16.3 Å². The van der Waals surface area contributed by atoms with Crippen molar-refractivity contribution in [2.24, 2.45) is 0 Å². The van der Waals surface area contributed by atoms with Crippen LogP contribution in [-0.4, -0.2) is 16.2 Å². The Balaban J connectivity index is 2.58. The van der Waals surface area contributed by atoms with Crippen molar-refractivity contribution in [1.29, 1.82) is 0 Å². The molecule has 2 aromatic rings. The quantitative estimate of drug-likeness (QED) is 0.927. The number of halogens is 2. The lowest BCUT2D eigenvalue weighted by molar-refractivity contribution is 0.0695. The summed E-state index contributed by atoms with van der Waals surface area (Å²) in [4.78, 5) is 11.3. The van der Waals surface area contributed by atoms with E-state index in [1.807, 2.05) is 6.92 Å². The zero-order valence-electron chi connectivity index (χ0n) is 10.1. The highest BCUT2D eigenvalue weighted by molar-refractivity contribution is 6.33. The Labute approximate surface area is 113 Å². The van der Waals surface area contributed by atoms with E-state index < -0.39 is 11.8 Å². The number of hydrogen-bond acceptors (Lipinski definition) is 3. The van der Waals surface area contributed by atoms with Gasteiger partial charge in [-0.25, -0.2) is 9.18 Å². The zero-order chi connectivity index (χ0) is 14.0. The van der Waals surface area contributed by atoms with E-state index in [1.165, 1.54) is 12.1 Å². The summed E-state index contributed by atoms with van der Waals surface area (Å²) in [6.45, 7) is 1.90. The highest BCUT2D eigenvalue weighted by Crippen LogP contribution is 2.32. The van der Waals surface area contributed by atoms with Crippen molar-refractivity contribution in [3.05, 3.63) is 40.4 Å². The number of aryl methyl sites for hydroxylation is 1. The molecule has 1 aromatic carbocycles. The molecule has 19 heavy (non-hydrogen) atoms. The van der Waals surface area contributed by atoms with Gasteiger partial charge < -0.3 is 9.63 Å². The molecule has 2 rings (SSSR count). The first-order valence-corrected chi connectivity index (χ1v) is 6.09. The summed E-state index contributed by atoms with van der Waals surface area (Å²) >= 11 is 5.91. The van der Waals surface area contributed by atoms with Crippen LogP contribution in [0.5, 0.6) is 0 Å². The van der Waals surface area contributed by atoms with E-state index in [1.54, 1.807) is 0 Å². The van der Waals surface area contributed by atoms with E-state index in [0.717, 1.165) is 12.5 Å². The molecule has 0 aliphatic carbocycles. The van der Waals surface area contributed by atoms with Crippen LogP contribution in [0.25, 0.3) is 11.3 Å². The first kappa shape index (κ1) is 13.5. The molecule has 100 valence electrons. The third-order valence-electron chi connectivity index (χ3n) is 2.64. The summed E-state index contributed by atoms with van der Waals surface area (Å²) in [5.41, 5.74) is 0.447. The number of carboxylic acid groups (broad SMARTS) is 1. The van der Waals surface area contributed by atoms with Crippen LogP contribution < -0.4 is 0 Å². The van der Waals surface area contributed by atoms with E-state index in [0.29, 0.717) is 17.7 Å². The van der Waals surface area contributed by atoms with Crippen molar-refractivity contribution in [3.8, 4) is 11.3 Å². The Hall–Kier alpha value is -1.88. The fourth-order valence-electron chi connectivity index (χ4n) is 1.81. The Bertz CT molecular complexity index is 624. The van der Waals surface area contributed by atoms with Crippen LogP contribution in [0.3, 0.4) is 0 Å². The minimum Gasteiger partial charge on any atom is -0.477 e. The number of hydrogen-bond donors (Lipinski definition) is 1. The molecule has 0 fully saturated rings. The van der Waals surface area contributed by atoms with Gasteiger partial charge in [-0.15, -0.1) is 0 Å². The van der Waals surface area contributed by atoms with Gasteiger partial charge in [-0.3, -0.25) is 0 Å². The maximum absolute atomic E-state index is 13.0. The summed E-state index contributed by atoms with van der Waals surface area (Å²) in [6, 6.07) is 3.69. The summed E-state index contributed by atoms with van der Waals surface area (Å²) in [6.07, 6.45) is 1.19. The van der Waals surface area contributed by atoms with Crippen molar-refractivity contribution < 1.29 is 18.8 Å². The van der Waals surface area contributed by atoms with Crippen molar-refractivity contribution in [2.45, 2.75) is 19.8 Å². The topological polar surface area (TPSA) is 63.3 Å². The molecule has 0 radical (unpaired) electrons. The van der Waals surface area contributed by atoms with E-state index in [9.17, 15) is 14.3 Å². The standard InChI is InChI=1S/C13H11ClFNO3/c1-2-3-10-11(13(17)18)12(16-19-10)8-5-4-7(15)6-9(8)14/h4-6H,2-3H2,1H3,(H,17,18). The van der Waals surface area contributed by atoms with Gasteiger partial charge in [0.25, 0.3) is 0 Å². The lowest BCUT2D eigenvalue weighted by Gasteiger charge is -2.02. The first-order valence-electron chi connectivity index (χ1n) is 5.71. The Morgan fingerprint density at radius 2 is 2.26 bits per heavy atom. The number of rotatable bonds is 4. The van der Waals surface area contributed by atoms with Crippen LogP contribution >= 0.6 is 11.6 Å². The smallest absolute Gasteiger partial charge is 0.341 e. The molecular formula is C13H11ClFNO3. The van der Waals surface area contributed by atoms with Crippen LogP contribution in [0.1, 0.15) is 29.5 Å². The second kappa shape index (κ2) is 5.40. The number of aromatic nitrogens is 1. The molecule has 6 heteroatoms. The summed E-state index contributed by atoms with van der Waals surface area (Å²) in [5, 5.41) is 13.1. The Kier molecular flexibility index (Phi) is 3.85. The van der Waals surface area contributed by atoms with Crippen molar-refractivity contribution in [1.82, 2.24) is 5.16 Å². The van der Waals surface area contributed by atoms with Gasteiger partial charge in [0.05, 0.1) is 5.02 Å². The lowest BCUT2D eigenvalue weighted by Crippen LogP contribution is -2.01. The molecule has 0 atom stereocenters. The molecule has 0 spiro atoms. The minimum absolute atomic E-state index is 0.0182. The molecule has 0 saturated heterocycles. The van der Waals surface area contributed by atoms with Gasteiger partial charge in [0.2, 0.25) is 0 Å². The molecule has 1 N–H and O–H groups in total. The van der Waals surface area contributed by atoms with Crippen molar-refractivity contribution in [3.63, 3.8) is 0 Å². The highest BCUT2D eigenvalue weighted by Gasteiger charge is 2.24. The van der Waals surface area contributed by atoms with E-state index in [2.05, 4.69) is 5.16 Å². The van der Waals surface area contributed by atoms with Crippen molar-refractivity contribution >= 4 is 17.6 Å². The third-order valence-corrected chi connectivity index (χ3v) is 2.95. The van der Waals surface area contributed by atoms with E-state index in [4.69, 9.17) is 16.1 Å². The highest BCUT2D eigenvalue weighted by atomic mass is 35.5. The third kappa shape index (κ3) is 2.61. The number of aromatic carboxylic acids is 1. The minimum atomic E-state index is -1.14.